The van der Waals surface area contributed by atoms with Gasteiger partial charge in [-0.2, -0.15) is 5.10 Å². The normalized spacial score (nSPS) is 22.6. The minimum Gasteiger partial charge on any atom is -0.451 e. The summed E-state index contributed by atoms with van der Waals surface area (Å²) in [6, 6.07) is 9.52. The number of fused-ring (bicyclic) bond motifs is 1. The molecule has 1 aliphatic heterocycles. The maximum Gasteiger partial charge on any atom is 0.428 e. The molecule has 1 aliphatic carbocycles. The Morgan fingerprint density at radius 1 is 1.19 bits per heavy atom. The molecule has 1 spiro atoms. The van der Waals surface area contributed by atoms with Crippen LogP contribution in [0.1, 0.15) is 55.1 Å². The first-order chi connectivity index (χ1) is 17.2. The van der Waals surface area contributed by atoms with E-state index in [0.717, 1.165) is 12.8 Å². The molecule has 3 aromatic rings. The molecule has 0 radical (unpaired) electrons. The van der Waals surface area contributed by atoms with Crippen molar-refractivity contribution in [3.8, 4) is 0 Å². The Morgan fingerprint density at radius 3 is 2.67 bits per heavy atom. The van der Waals surface area contributed by atoms with Crippen LogP contribution in [0.5, 0.6) is 0 Å². The Bertz CT molecular complexity index is 1360. The Hall–Kier alpha value is -3.46. The first kappa shape index (κ1) is 24.2. The Balaban J connectivity index is 1.23. The third kappa shape index (κ3) is 4.80. The second kappa shape index (κ2) is 9.54. The van der Waals surface area contributed by atoms with Crippen molar-refractivity contribution in [2.75, 3.05) is 0 Å². The van der Waals surface area contributed by atoms with Gasteiger partial charge >= 0.3 is 6.09 Å². The summed E-state index contributed by atoms with van der Waals surface area (Å²) in [4.78, 5) is 24.7. The van der Waals surface area contributed by atoms with Crippen LogP contribution in [-0.4, -0.2) is 29.4 Å². The van der Waals surface area contributed by atoms with Gasteiger partial charge in [0.15, 0.2) is 11.4 Å². The van der Waals surface area contributed by atoms with E-state index in [1.807, 2.05) is 6.92 Å². The highest BCUT2D eigenvalue weighted by Crippen LogP contribution is 2.41. The zero-order valence-corrected chi connectivity index (χ0v) is 20.2. The molecule has 10 heteroatoms. The Morgan fingerprint density at radius 2 is 1.92 bits per heavy atom. The Labute approximate surface area is 210 Å². The molecule has 1 atom stereocenters. The number of nitrogens with zero attached hydrogens (tertiary/aromatic N) is 1. The van der Waals surface area contributed by atoms with Crippen LogP contribution in [0.25, 0.3) is 11.0 Å². The van der Waals surface area contributed by atoms with Gasteiger partial charge in [-0.25, -0.2) is 19.0 Å². The predicted molar refractivity (Wildman–Crippen MR) is 130 cm³/mol. The first-order valence-electron chi connectivity index (χ1n) is 11.7. The fraction of sp³-hybridized carbons (Fsp3) is 0.346. The molecule has 2 amide bonds. The molecular weight excluding hydrogens is 492 g/mol. The molecule has 188 valence electrons. The number of hydrazone groups is 1. The van der Waals surface area contributed by atoms with Gasteiger partial charge in [0.25, 0.3) is 5.91 Å². The van der Waals surface area contributed by atoms with E-state index >= 15 is 0 Å². The third-order valence-corrected chi connectivity index (χ3v) is 7.16. The van der Waals surface area contributed by atoms with Gasteiger partial charge in [-0.05, 0) is 87.4 Å². The molecule has 0 unspecified atom stereocenters. The predicted octanol–water partition coefficient (Wildman–Crippen LogP) is 5.95. The quantitative estimate of drug-likeness (QED) is 0.439. The lowest BCUT2D eigenvalue weighted by molar-refractivity contribution is 0.0154. The first-order valence-corrected chi connectivity index (χ1v) is 12.1. The standard InChI is InChI=1S/C26H24ClF2N3O4/c1-14(30-24(33)22-12-16-11-17(28)3-5-21(16)35-22)10-15-6-8-26(9-7-15)23(31-32-25(34)36-26)19-4-2-18(29)13-20(19)27/h2-5,11-15H,6-10H2,1H3,(H,30,33)(H,32,34)/t14-,15?,26?/m0/s1. The van der Waals surface area contributed by atoms with Crippen molar-refractivity contribution in [1.29, 1.82) is 0 Å². The fourth-order valence-electron chi connectivity index (χ4n) is 5.14. The molecule has 0 bridgehead atoms. The second-order valence-electron chi connectivity index (χ2n) is 9.43. The van der Waals surface area contributed by atoms with Crippen LogP contribution in [0.15, 0.2) is 52.0 Å². The van der Waals surface area contributed by atoms with Crippen molar-refractivity contribution >= 4 is 40.3 Å². The number of rotatable bonds is 5. The fourth-order valence-corrected chi connectivity index (χ4v) is 5.39. The molecule has 2 aromatic carbocycles. The zero-order chi connectivity index (χ0) is 25.4. The van der Waals surface area contributed by atoms with Crippen LogP contribution < -0.4 is 10.7 Å². The van der Waals surface area contributed by atoms with E-state index in [0.29, 0.717) is 41.5 Å². The van der Waals surface area contributed by atoms with Crippen molar-refractivity contribution in [2.45, 2.75) is 50.7 Å². The van der Waals surface area contributed by atoms with Crippen LogP contribution in [-0.2, 0) is 4.74 Å². The van der Waals surface area contributed by atoms with Gasteiger partial charge in [0.05, 0.1) is 5.02 Å². The molecule has 2 heterocycles. The number of hydrogen-bond donors (Lipinski definition) is 2. The van der Waals surface area contributed by atoms with Gasteiger partial charge in [0.2, 0.25) is 0 Å². The summed E-state index contributed by atoms with van der Waals surface area (Å²) in [5.41, 5.74) is 2.83. The Kier molecular flexibility index (Phi) is 6.42. The second-order valence-corrected chi connectivity index (χ2v) is 9.83. The lowest BCUT2D eigenvalue weighted by atomic mass is 9.73. The average molecular weight is 516 g/mol. The van der Waals surface area contributed by atoms with Crippen LogP contribution >= 0.6 is 11.6 Å². The number of halogens is 3. The molecule has 5 rings (SSSR count). The highest BCUT2D eigenvalue weighted by molar-refractivity contribution is 6.35. The van der Waals surface area contributed by atoms with Gasteiger partial charge in [0, 0.05) is 17.0 Å². The van der Waals surface area contributed by atoms with Crippen molar-refractivity contribution in [3.63, 3.8) is 0 Å². The maximum absolute atomic E-state index is 13.6. The number of benzene rings is 2. The number of amides is 2. The summed E-state index contributed by atoms with van der Waals surface area (Å²) in [6.45, 7) is 1.92. The summed E-state index contributed by atoms with van der Waals surface area (Å²) < 4.78 is 38.3. The smallest absolute Gasteiger partial charge is 0.428 e. The number of hydrogen-bond acceptors (Lipinski definition) is 5. The van der Waals surface area contributed by atoms with E-state index in [1.54, 1.807) is 0 Å². The molecular formula is C26H24ClF2N3O4. The van der Waals surface area contributed by atoms with Crippen LogP contribution in [0, 0.1) is 17.6 Å². The number of ether oxygens (including phenoxy) is 1. The van der Waals surface area contributed by atoms with E-state index in [1.165, 1.54) is 42.5 Å². The summed E-state index contributed by atoms with van der Waals surface area (Å²) in [5.74, 6) is -0.821. The zero-order valence-electron chi connectivity index (χ0n) is 19.4. The van der Waals surface area contributed by atoms with Crippen LogP contribution in [0.4, 0.5) is 13.6 Å². The number of carbonyl (C=O) groups excluding carboxylic acids is 2. The van der Waals surface area contributed by atoms with Crippen molar-refractivity contribution in [1.82, 2.24) is 10.7 Å². The minimum absolute atomic E-state index is 0.128. The van der Waals surface area contributed by atoms with E-state index < -0.39 is 23.3 Å². The SMILES string of the molecule is C[C@@H](CC1CCC2(CC1)OC(=O)NN=C2c1ccc(F)cc1Cl)NC(=O)c1cc2cc(F)ccc2o1. The average Bonchev–Trinajstić information content (AvgIpc) is 3.25. The van der Waals surface area contributed by atoms with Gasteiger partial charge in [0.1, 0.15) is 22.9 Å². The lowest BCUT2D eigenvalue weighted by Crippen LogP contribution is -2.52. The molecule has 1 aromatic heterocycles. The van der Waals surface area contributed by atoms with Gasteiger partial charge in [-0.15, -0.1) is 0 Å². The molecule has 7 nitrogen and oxygen atoms in total. The molecule has 1 fully saturated rings. The van der Waals surface area contributed by atoms with E-state index in [4.69, 9.17) is 20.8 Å². The van der Waals surface area contributed by atoms with Crippen molar-refractivity contribution < 1.29 is 27.5 Å². The monoisotopic (exact) mass is 515 g/mol. The molecule has 36 heavy (non-hydrogen) atoms. The van der Waals surface area contributed by atoms with Gasteiger partial charge in [-0.1, -0.05) is 11.6 Å². The minimum atomic E-state index is -0.948. The van der Waals surface area contributed by atoms with E-state index in [2.05, 4.69) is 15.8 Å². The molecule has 2 aliphatic rings. The third-order valence-electron chi connectivity index (χ3n) is 6.84. The highest BCUT2D eigenvalue weighted by Gasteiger charge is 2.46. The maximum atomic E-state index is 13.6. The van der Waals surface area contributed by atoms with Crippen LogP contribution in [0.3, 0.4) is 0 Å². The van der Waals surface area contributed by atoms with Gasteiger partial charge < -0.3 is 14.5 Å². The van der Waals surface area contributed by atoms with E-state index in [9.17, 15) is 18.4 Å². The molecule has 2 N–H and O–H groups in total. The van der Waals surface area contributed by atoms with Crippen molar-refractivity contribution in [2.24, 2.45) is 11.0 Å². The summed E-state index contributed by atoms with van der Waals surface area (Å²) >= 11 is 6.28. The van der Waals surface area contributed by atoms with Crippen molar-refractivity contribution in [3.05, 3.63) is 70.4 Å². The number of furan rings is 1. The lowest BCUT2D eigenvalue weighted by Gasteiger charge is -2.42. The van der Waals surface area contributed by atoms with Gasteiger partial charge in [-0.3, -0.25) is 4.79 Å². The van der Waals surface area contributed by atoms with Crippen LogP contribution in [0.2, 0.25) is 5.02 Å². The topological polar surface area (TPSA) is 92.9 Å². The summed E-state index contributed by atoms with van der Waals surface area (Å²) in [6.07, 6.45) is 2.58. The number of nitrogens with one attached hydrogen (secondary N) is 2. The number of carbonyl (C=O) groups is 2. The molecule has 0 saturated heterocycles. The van der Waals surface area contributed by atoms with E-state index in [-0.39, 0.29) is 28.6 Å². The summed E-state index contributed by atoms with van der Waals surface area (Å²) in [7, 11) is 0. The largest absolute Gasteiger partial charge is 0.451 e. The molecule has 1 saturated carbocycles. The highest BCUT2D eigenvalue weighted by atomic mass is 35.5. The summed E-state index contributed by atoms with van der Waals surface area (Å²) in [5, 5.41) is 7.89.